The number of benzene rings is 1. The molecule has 2 N–H and O–H groups in total. The molecule has 2 heterocycles. The fraction of sp³-hybridized carbons (Fsp3) is 0.632. The molecule has 2 unspecified atom stereocenters. The number of aliphatic hydroxyl groups is 1. The molecule has 136 valence electrons. The average Bonchev–Trinajstić information content (AvgIpc) is 2.79. The fourth-order valence-corrected chi connectivity index (χ4v) is 3.79. The highest BCUT2D eigenvalue weighted by Gasteiger charge is 2.43. The molecular weight excluding hydrogens is 317 g/mol. The Labute approximate surface area is 150 Å². The Morgan fingerprint density at radius 2 is 2.24 bits per heavy atom. The number of hydrogen-bond donors (Lipinski definition) is 2. The summed E-state index contributed by atoms with van der Waals surface area (Å²) in [6.07, 6.45) is 2.11. The molecule has 0 spiro atoms. The number of carbonyl (C=O) groups is 1. The highest BCUT2D eigenvalue weighted by molar-refractivity contribution is 6.69. The molecule has 2 atom stereocenters. The van der Waals surface area contributed by atoms with Crippen LogP contribution in [-0.4, -0.2) is 36.9 Å². The van der Waals surface area contributed by atoms with Gasteiger partial charge in [0.25, 0.3) is 0 Å². The van der Waals surface area contributed by atoms with Crippen LogP contribution in [0.2, 0.25) is 6.32 Å². The van der Waals surface area contributed by atoms with E-state index in [0.29, 0.717) is 6.54 Å². The van der Waals surface area contributed by atoms with E-state index in [1.807, 2.05) is 20.8 Å². The van der Waals surface area contributed by atoms with Crippen LogP contribution in [0.1, 0.15) is 51.3 Å². The maximum absolute atomic E-state index is 11.9. The van der Waals surface area contributed by atoms with E-state index in [-0.39, 0.29) is 25.0 Å². The lowest BCUT2D eigenvalue weighted by Gasteiger charge is -2.27. The van der Waals surface area contributed by atoms with Crippen molar-refractivity contribution in [3.63, 3.8) is 0 Å². The van der Waals surface area contributed by atoms with Crippen molar-refractivity contribution >= 4 is 18.5 Å². The van der Waals surface area contributed by atoms with Gasteiger partial charge in [0.2, 0.25) is 0 Å². The molecule has 3 rings (SSSR count). The summed E-state index contributed by atoms with van der Waals surface area (Å²) < 4.78 is 11.6. The molecule has 2 aliphatic rings. The minimum atomic E-state index is -0.516. The number of nitrogens with one attached hydrogen (secondary N) is 1. The summed E-state index contributed by atoms with van der Waals surface area (Å²) >= 11 is 0. The van der Waals surface area contributed by atoms with Crippen molar-refractivity contribution in [2.75, 3.05) is 13.2 Å². The third kappa shape index (κ3) is 4.01. The highest BCUT2D eigenvalue weighted by atomic mass is 16.6. The highest BCUT2D eigenvalue weighted by Crippen LogP contribution is 2.38. The van der Waals surface area contributed by atoms with Crippen LogP contribution in [-0.2, 0) is 15.8 Å². The molecule has 1 aromatic rings. The van der Waals surface area contributed by atoms with Crippen molar-refractivity contribution in [3.05, 3.63) is 29.3 Å². The molecule has 0 radical (unpaired) electrons. The second kappa shape index (κ2) is 6.65. The Bertz CT molecular complexity index is 657. The number of ether oxygens (including phenoxy) is 1. The number of aliphatic hydroxyl groups excluding tert-OH is 1. The van der Waals surface area contributed by atoms with E-state index in [0.717, 1.165) is 24.7 Å². The lowest BCUT2D eigenvalue weighted by Crippen LogP contribution is -2.36. The van der Waals surface area contributed by atoms with Crippen molar-refractivity contribution in [1.82, 2.24) is 5.32 Å². The zero-order chi connectivity index (χ0) is 18.2. The Morgan fingerprint density at radius 3 is 2.92 bits per heavy atom. The number of alkyl carbamates (subject to hydrolysis) is 1. The molecule has 1 aromatic carbocycles. The topological polar surface area (TPSA) is 67.8 Å². The molecule has 0 bridgehead atoms. The second-order valence-corrected chi connectivity index (χ2v) is 8.59. The van der Waals surface area contributed by atoms with Crippen LogP contribution in [0.4, 0.5) is 4.79 Å². The zero-order valence-electron chi connectivity index (χ0n) is 15.6. The fourth-order valence-electron chi connectivity index (χ4n) is 3.79. The molecule has 0 fully saturated rings. The summed E-state index contributed by atoms with van der Waals surface area (Å²) in [6.45, 7) is 8.19. The minimum Gasteiger partial charge on any atom is -0.444 e. The number of hydrogen-bond acceptors (Lipinski definition) is 4. The molecule has 1 amide bonds. The van der Waals surface area contributed by atoms with Gasteiger partial charge in [-0.25, -0.2) is 4.79 Å². The van der Waals surface area contributed by atoms with Crippen LogP contribution in [0.15, 0.2) is 18.2 Å². The monoisotopic (exact) mass is 345 g/mol. The van der Waals surface area contributed by atoms with Gasteiger partial charge in [0, 0.05) is 13.2 Å². The zero-order valence-corrected chi connectivity index (χ0v) is 15.6. The van der Waals surface area contributed by atoms with Crippen molar-refractivity contribution in [1.29, 1.82) is 0 Å². The van der Waals surface area contributed by atoms with Gasteiger partial charge < -0.3 is 19.8 Å². The maximum atomic E-state index is 11.9. The molecule has 0 aromatic heterocycles. The summed E-state index contributed by atoms with van der Waals surface area (Å²) in [6, 6.07) is 6.30. The van der Waals surface area contributed by atoms with Crippen molar-refractivity contribution in [3.8, 4) is 0 Å². The third-order valence-electron chi connectivity index (χ3n) is 5.12. The Morgan fingerprint density at radius 1 is 1.48 bits per heavy atom. The van der Waals surface area contributed by atoms with E-state index in [1.165, 1.54) is 11.0 Å². The molecule has 0 saturated carbocycles. The number of aryl methyl sites for hydroxylation is 1. The maximum Gasteiger partial charge on any atom is 0.407 e. The summed E-state index contributed by atoms with van der Waals surface area (Å²) in [5, 5.41) is 12.6. The SMILES string of the molecule is CC1(CO)CCc2cccc3c2B(C1)OC3CNC(=O)OC(C)(C)C. The number of rotatable bonds is 3. The van der Waals surface area contributed by atoms with Crippen molar-refractivity contribution in [2.24, 2.45) is 5.41 Å². The Balaban J connectivity index is 1.75. The first-order chi connectivity index (χ1) is 11.7. The Kier molecular flexibility index (Phi) is 4.86. The lowest BCUT2D eigenvalue weighted by atomic mass is 9.53. The first kappa shape index (κ1) is 18.3. The predicted octanol–water partition coefficient (Wildman–Crippen LogP) is 2.43. The van der Waals surface area contributed by atoms with E-state index in [1.54, 1.807) is 0 Å². The molecule has 2 aliphatic heterocycles. The van der Waals surface area contributed by atoms with Gasteiger partial charge in [0.15, 0.2) is 0 Å². The number of carbonyl (C=O) groups excluding carboxylic acids is 1. The Hall–Kier alpha value is -1.53. The van der Waals surface area contributed by atoms with Crippen LogP contribution in [0.3, 0.4) is 0 Å². The average molecular weight is 345 g/mol. The first-order valence-corrected chi connectivity index (χ1v) is 9.06. The predicted molar refractivity (Wildman–Crippen MR) is 98.2 cm³/mol. The van der Waals surface area contributed by atoms with E-state index in [9.17, 15) is 9.90 Å². The van der Waals surface area contributed by atoms with Gasteiger partial charge in [-0.3, -0.25) is 0 Å². The minimum absolute atomic E-state index is 0.0173. The van der Waals surface area contributed by atoms with Gasteiger partial charge in [-0.1, -0.05) is 30.7 Å². The van der Waals surface area contributed by atoms with Gasteiger partial charge in [0.05, 0.1) is 6.10 Å². The third-order valence-corrected chi connectivity index (χ3v) is 5.12. The van der Waals surface area contributed by atoms with Crippen LogP contribution in [0.5, 0.6) is 0 Å². The molecular formula is C19H28BNO4. The largest absolute Gasteiger partial charge is 0.444 e. The normalized spacial score (nSPS) is 25.3. The molecule has 0 saturated heterocycles. The van der Waals surface area contributed by atoms with Gasteiger partial charge in [-0.05, 0) is 56.4 Å². The molecule has 25 heavy (non-hydrogen) atoms. The van der Waals surface area contributed by atoms with Gasteiger partial charge >= 0.3 is 13.0 Å². The van der Waals surface area contributed by atoms with Gasteiger partial charge in [0.1, 0.15) is 5.60 Å². The molecule has 0 aliphatic carbocycles. The summed E-state index contributed by atoms with van der Waals surface area (Å²) in [7, 11) is 0. The van der Waals surface area contributed by atoms with Crippen LogP contribution >= 0.6 is 0 Å². The van der Waals surface area contributed by atoms with Crippen molar-refractivity contribution < 1.29 is 19.3 Å². The molecule has 6 heteroatoms. The van der Waals surface area contributed by atoms with Crippen LogP contribution in [0.25, 0.3) is 0 Å². The van der Waals surface area contributed by atoms with E-state index >= 15 is 0 Å². The second-order valence-electron chi connectivity index (χ2n) is 8.59. The molecule has 5 nitrogen and oxygen atoms in total. The van der Waals surface area contributed by atoms with Crippen LogP contribution < -0.4 is 10.8 Å². The van der Waals surface area contributed by atoms with Crippen LogP contribution in [0, 0.1) is 5.41 Å². The lowest BCUT2D eigenvalue weighted by molar-refractivity contribution is 0.0502. The summed E-state index contributed by atoms with van der Waals surface area (Å²) in [5.41, 5.74) is 3.07. The van der Waals surface area contributed by atoms with E-state index in [4.69, 9.17) is 9.39 Å². The van der Waals surface area contributed by atoms with Crippen molar-refractivity contribution in [2.45, 2.75) is 58.6 Å². The van der Waals surface area contributed by atoms with E-state index < -0.39 is 11.7 Å². The first-order valence-electron chi connectivity index (χ1n) is 9.06. The van der Waals surface area contributed by atoms with E-state index in [2.05, 4.69) is 30.4 Å². The van der Waals surface area contributed by atoms with Gasteiger partial charge in [-0.2, -0.15) is 0 Å². The van der Waals surface area contributed by atoms with Gasteiger partial charge in [-0.15, -0.1) is 0 Å². The number of amides is 1. The quantitative estimate of drug-likeness (QED) is 0.826. The summed E-state index contributed by atoms with van der Waals surface area (Å²) in [4.78, 5) is 11.9. The smallest absolute Gasteiger partial charge is 0.407 e. The summed E-state index contributed by atoms with van der Waals surface area (Å²) in [5.74, 6) is 0. The standard InChI is InChI=1S/C19H28BNO4/c1-18(2,3)24-17(23)21-10-15-14-7-5-6-13-8-9-19(4,12-22)11-20(25-15)16(13)14/h5-7,15,22H,8-12H2,1-4H3,(H,21,23).